The summed E-state index contributed by atoms with van der Waals surface area (Å²) in [5, 5.41) is 4.01. The third-order valence-electron chi connectivity index (χ3n) is 3.38. The minimum absolute atomic E-state index is 0.000183. The van der Waals surface area contributed by atoms with Crippen LogP contribution in [0.25, 0.3) is 0 Å². The zero-order valence-corrected chi connectivity index (χ0v) is 13.4. The maximum absolute atomic E-state index is 11.8. The Hall–Kier alpha value is -1.68. The smallest absolute Gasteiger partial charge is 0.152 e. The van der Waals surface area contributed by atoms with E-state index in [0.29, 0.717) is 13.0 Å². The molecule has 0 unspecified atom stereocenters. The first-order valence-electron chi connectivity index (χ1n) is 7.50. The van der Waals surface area contributed by atoms with Gasteiger partial charge in [0.1, 0.15) is 6.61 Å². The molecule has 0 aromatic heterocycles. The van der Waals surface area contributed by atoms with E-state index in [1.807, 2.05) is 52.0 Å². The standard InChI is InChI=1S/C17H26N2O2/c1-5-21-19-13(4)15-9-6-14(7-10-15)8-11-16(18)17(20)12(2)3/h6-7,9-10,12,16H,5,8,11,18H2,1-4H3/b19-13+/t16-/m0/s1. The first-order valence-corrected chi connectivity index (χ1v) is 7.50. The number of benzene rings is 1. The Labute approximate surface area is 127 Å². The Kier molecular flexibility index (Phi) is 7.09. The van der Waals surface area contributed by atoms with Crippen LogP contribution in [0.2, 0.25) is 0 Å². The number of rotatable bonds is 8. The maximum Gasteiger partial charge on any atom is 0.152 e. The molecule has 0 heterocycles. The number of ketones is 1. The van der Waals surface area contributed by atoms with Crippen LogP contribution in [-0.2, 0) is 16.1 Å². The molecule has 0 amide bonds. The summed E-state index contributed by atoms with van der Waals surface area (Å²) in [6.07, 6.45) is 1.49. The van der Waals surface area contributed by atoms with Gasteiger partial charge >= 0.3 is 0 Å². The van der Waals surface area contributed by atoms with Crippen LogP contribution in [0.4, 0.5) is 0 Å². The van der Waals surface area contributed by atoms with E-state index in [2.05, 4.69) is 5.16 Å². The third-order valence-corrected chi connectivity index (χ3v) is 3.38. The highest BCUT2D eigenvalue weighted by atomic mass is 16.6. The van der Waals surface area contributed by atoms with Crippen molar-refractivity contribution >= 4 is 11.5 Å². The van der Waals surface area contributed by atoms with Crippen LogP contribution < -0.4 is 5.73 Å². The van der Waals surface area contributed by atoms with E-state index in [0.717, 1.165) is 17.7 Å². The van der Waals surface area contributed by atoms with Gasteiger partial charge in [0, 0.05) is 5.92 Å². The Bertz CT molecular complexity index is 478. The second kappa shape index (κ2) is 8.57. The number of aryl methyl sites for hydroxylation is 1. The average molecular weight is 290 g/mol. The molecule has 4 heteroatoms. The molecule has 116 valence electrons. The molecule has 0 saturated carbocycles. The van der Waals surface area contributed by atoms with Gasteiger partial charge in [-0.05, 0) is 37.8 Å². The first-order chi connectivity index (χ1) is 9.95. The summed E-state index contributed by atoms with van der Waals surface area (Å²) in [4.78, 5) is 16.8. The van der Waals surface area contributed by atoms with E-state index in [-0.39, 0.29) is 17.7 Å². The molecular weight excluding hydrogens is 264 g/mol. The summed E-state index contributed by atoms with van der Waals surface area (Å²) >= 11 is 0. The highest BCUT2D eigenvalue weighted by molar-refractivity contribution is 5.98. The normalized spacial score (nSPS) is 13.3. The lowest BCUT2D eigenvalue weighted by atomic mass is 9.96. The van der Waals surface area contributed by atoms with Gasteiger partial charge in [0.25, 0.3) is 0 Å². The summed E-state index contributed by atoms with van der Waals surface area (Å²) in [5.41, 5.74) is 8.98. The van der Waals surface area contributed by atoms with Gasteiger partial charge in [-0.1, -0.05) is 43.3 Å². The van der Waals surface area contributed by atoms with Gasteiger partial charge in [-0.2, -0.15) is 0 Å². The molecule has 1 rings (SSSR count). The predicted molar refractivity (Wildman–Crippen MR) is 86.4 cm³/mol. The highest BCUT2D eigenvalue weighted by Gasteiger charge is 2.16. The summed E-state index contributed by atoms with van der Waals surface area (Å²) in [7, 11) is 0. The summed E-state index contributed by atoms with van der Waals surface area (Å²) < 4.78 is 0. The number of Topliss-reactive ketones (excluding diaryl/α,β-unsaturated/α-hetero) is 1. The molecule has 0 fully saturated rings. The van der Waals surface area contributed by atoms with Gasteiger partial charge in [-0.15, -0.1) is 0 Å². The number of carbonyl (C=O) groups is 1. The van der Waals surface area contributed by atoms with E-state index in [4.69, 9.17) is 10.6 Å². The number of carbonyl (C=O) groups excluding carboxylic acids is 1. The lowest BCUT2D eigenvalue weighted by Crippen LogP contribution is -2.34. The number of hydrogen-bond donors (Lipinski definition) is 1. The molecule has 0 radical (unpaired) electrons. The van der Waals surface area contributed by atoms with E-state index in [1.165, 1.54) is 5.56 Å². The molecule has 1 atom stereocenters. The van der Waals surface area contributed by atoms with Crippen LogP contribution in [-0.4, -0.2) is 24.1 Å². The second-order valence-corrected chi connectivity index (χ2v) is 5.49. The fourth-order valence-corrected chi connectivity index (χ4v) is 2.02. The Balaban J connectivity index is 2.57. The van der Waals surface area contributed by atoms with Crippen molar-refractivity contribution in [1.29, 1.82) is 0 Å². The minimum Gasteiger partial charge on any atom is -0.396 e. The molecular formula is C17H26N2O2. The quantitative estimate of drug-likeness (QED) is 0.591. The molecule has 4 nitrogen and oxygen atoms in total. The molecule has 2 N–H and O–H groups in total. The Morgan fingerprint density at radius 3 is 2.43 bits per heavy atom. The van der Waals surface area contributed by atoms with Crippen LogP contribution in [0, 0.1) is 5.92 Å². The molecule has 0 bridgehead atoms. The zero-order valence-electron chi connectivity index (χ0n) is 13.4. The SMILES string of the molecule is CCO/N=C(\C)c1ccc(CC[C@H](N)C(=O)C(C)C)cc1. The van der Waals surface area contributed by atoms with Crippen molar-refractivity contribution in [3.8, 4) is 0 Å². The van der Waals surface area contributed by atoms with Crippen molar-refractivity contribution in [2.24, 2.45) is 16.8 Å². The van der Waals surface area contributed by atoms with Crippen molar-refractivity contribution < 1.29 is 9.63 Å². The molecule has 0 spiro atoms. The third kappa shape index (κ3) is 5.68. The van der Waals surface area contributed by atoms with Gasteiger partial charge < -0.3 is 10.6 Å². The largest absolute Gasteiger partial charge is 0.396 e. The molecule has 0 aliphatic heterocycles. The number of hydrogen-bond acceptors (Lipinski definition) is 4. The minimum atomic E-state index is -0.370. The van der Waals surface area contributed by atoms with Gasteiger partial charge in [-0.3, -0.25) is 4.79 Å². The molecule has 1 aromatic rings. The second-order valence-electron chi connectivity index (χ2n) is 5.49. The Morgan fingerprint density at radius 2 is 1.90 bits per heavy atom. The Morgan fingerprint density at radius 1 is 1.29 bits per heavy atom. The lowest BCUT2D eigenvalue weighted by molar-refractivity contribution is -0.123. The van der Waals surface area contributed by atoms with Crippen LogP contribution >= 0.6 is 0 Å². The van der Waals surface area contributed by atoms with Gasteiger partial charge in [-0.25, -0.2) is 0 Å². The van der Waals surface area contributed by atoms with Crippen molar-refractivity contribution in [2.45, 2.75) is 46.6 Å². The van der Waals surface area contributed by atoms with Crippen molar-refractivity contribution in [1.82, 2.24) is 0 Å². The summed E-state index contributed by atoms with van der Waals surface area (Å²) in [5.74, 6) is 0.131. The van der Waals surface area contributed by atoms with Gasteiger partial charge in [0.2, 0.25) is 0 Å². The lowest BCUT2D eigenvalue weighted by Gasteiger charge is -2.13. The molecule has 0 saturated heterocycles. The highest BCUT2D eigenvalue weighted by Crippen LogP contribution is 2.10. The van der Waals surface area contributed by atoms with E-state index < -0.39 is 0 Å². The maximum atomic E-state index is 11.8. The molecule has 0 aliphatic rings. The topological polar surface area (TPSA) is 64.7 Å². The molecule has 0 aliphatic carbocycles. The van der Waals surface area contributed by atoms with Gasteiger partial charge in [0.15, 0.2) is 5.78 Å². The molecule has 1 aromatic carbocycles. The van der Waals surface area contributed by atoms with E-state index >= 15 is 0 Å². The first kappa shape index (κ1) is 17.4. The van der Waals surface area contributed by atoms with Crippen LogP contribution in [0.5, 0.6) is 0 Å². The zero-order chi connectivity index (χ0) is 15.8. The van der Waals surface area contributed by atoms with Crippen molar-refractivity contribution in [2.75, 3.05) is 6.61 Å². The average Bonchev–Trinajstić information content (AvgIpc) is 2.49. The van der Waals surface area contributed by atoms with Crippen LogP contribution in [0.3, 0.4) is 0 Å². The number of nitrogens with two attached hydrogens (primary N) is 1. The van der Waals surface area contributed by atoms with Crippen LogP contribution in [0.15, 0.2) is 29.4 Å². The van der Waals surface area contributed by atoms with E-state index in [1.54, 1.807) is 0 Å². The predicted octanol–water partition coefficient (Wildman–Crippen LogP) is 2.93. The summed E-state index contributed by atoms with van der Waals surface area (Å²) in [6.45, 7) is 8.16. The van der Waals surface area contributed by atoms with Gasteiger partial charge in [0.05, 0.1) is 11.8 Å². The number of oxime groups is 1. The van der Waals surface area contributed by atoms with Crippen LogP contribution in [0.1, 0.15) is 45.2 Å². The van der Waals surface area contributed by atoms with Crippen molar-refractivity contribution in [3.05, 3.63) is 35.4 Å². The monoisotopic (exact) mass is 290 g/mol. The summed E-state index contributed by atoms with van der Waals surface area (Å²) in [6, 6.07) is 7.76. The number of nitrogens with zero attached hydrogens (tertiary/aromatic N) is 1. The van der Waals surface area contributed by atoms with Crippen molar-refractivity contribution in [3.63, 3.8) is 0 Å². The molecule has 21 heavy (non-hydrogen) atoms. The fourth-order valence-electron chi connectivity index (χ4n) is 2.02. The fraction of sp³-hybridized carbons (Fsp3) is 0.529. The van der Waals surface area contributed by atoms with E-state index in [9.17, 15) is 4.79 Å².